The van der Waals surface area contributed by atoms with Gasteiger partial charge in [-0.1, -0.05) is 25.4 Å². The summed E-state index contributed by atoms with van der Waals surface area (Å²) in [7, 11) is -3.64. The molecule has 27 heavy (non-hydrogen) atoms. The van der Waals surface area contributed by atoms with E-state index in [1.165, 1.54) is 22.5 Å². The van der Waals surface area contributed by atoms with Gasteiger partial charge in [-0.15, -0.1) is 0 Å². The maximum atomic E-state index is 13.1. The summed E-state index contributed by atoms with van der Waals surface area (Å²) in [4.78, 5) is 17.3. The van der Waals surface area contributed by atoms with E-state index in [0.717, 1.165) is 19.5 Å². The lowest BCUT2D eigenvalue weighted by molar-refractivity contribution is 0.0759. The predicted molar refractivity (Wildman–Crippen MR) is 109 cm³/mol. The highest BCUT2D eigenvalue weighted by Gasteiger charge is 2.27. The molecule has 0 N–H and O–H groups in total. The average Bonchev–Trinajstić information content (AvgIpc) is 2.88. The molecule has 1 fully saturated rings. The van der Waals surface area contributed by atoms with Crippen LogP contribution in [-0.4, -0.2) is 73.7 Å². The van der Waals surface area contributed by atoms with Gasteiger partial charge in [-0.05, 0) is 38.5 Å². The summed E-state index contributed by atoms with van der Waals surface area (Å²) in [6.45, 7) is 11.6. The first-order valence-corrected chi connectivity index (χ1v) is 11.4. The van der Waals surface area contributed by atoms with Crippen molar-refractivity contribution in [3.8, 4) is 0 Å². The topological polar surface area (TPSA) is 60.9 Å². The Bertz CT molecular complexity index is 763. The van der Waals surface area contributed by atoms with E-state index in [9.17, 15) is 13.2 Å². The van der Waals surface area contributed by atoms with Crippen LogP contribution in [0, 0.1) is 0 Å². The Hall–Kier alpha value is -1.15. The summed E-state index contributed by atoms with van der Waals surface area (Å²) in [5.74, 6) is -0.206. The fourth-order valence-electron chi connectivity index (χ4n) is 3.37. The van der Waals surface area contributed by atoms with Crippen molar-refractivity contribution in [2.75, 3.05) is 39.3 Å². The number of hydrogen-bond acceptors (Lipinski definition) is 4. The van der Waals surface area contributed by atoms with Crippen LogP contribution in [0.4, 0.5) is 0 Å². The summed E-state index contributed by atoms with van der Waals surface area (Å²) < 4.78 is 26.9. The molecule has 1 amide bonds. The van der Waals surface area contributed by atoms with Gasteiger partial charge in [0.25, 0.3) is 5.91 Å². The van der Waals surface area contributed by atoms with E-state index in [1.807, 2.05) is 0 Å². The Labute approximate surface area is 168 Å². The van der Waals surface area contributed by atoms with Crippen LogP contribution in [0.25, 0.3) is 0 Å². The van der Waals surface area contributed by atoms with Gasteiger partial charge in [0.1, 0.15) is 0 Å². The summed E-state index contributed by atoms with van der Waals surface area (Å²) in [6, 6.07) is 4.83. The molecule has 0 bridgehead atoms. The number of hydrogen-bond donors (Lipinski definition) is 0. The maximum absolute atomic E-state index is 13.1. The van der Waals surface area contributed by atoms with Crippen molar-refractivity contribution in [2.24, 2.45) is 0 Å². The van der Waals surface area contributed by atoms with E-state index in [-0.39, 0.29) is 21.4 Å². The molecule has 2 rings (SSSR count). The number of nitrogens with zero attached hydrogens (tertiary/aromatic N) is 3. The zero-order valence-electron chi connectivity index (χ0n) is 16.6. The lowest BCUT2D eigenvalue weighted by atomic mass is 10.2. The largest absolute Gasteiger partial charge is 0.337 e. The number of carbonyl (C=O) groups is 1. The van der Waals surface area contributed by atoms with Crippen molar-refractivity contribution in [3.63, 3.8) is 0 Å². The van der Waals surface area contributed by atoms with E-state index in [1.54, 1.807) is 18.7 Å². The molecule has 0 radical (unpaired) electrons. The normalized spacial score (nSPS) is 16.8. The molecule has 0 aliphatic carbocycles. The van der Waals surface area contributed by atoms with Crippen molar-refractivity contribution in [3.05, 3.63) is 28.8 Å². The second-order valence-electron chi connectivity index (χ2n) is 7.01. The fraction of sp³-hybridized carbons (Fsp3) is 0.632. The quantitative estimate of drug-likeness (QED) is 0.716. The number of carbonyl (C=O) groups excluding carboxylic acids is 1. The number of sulfonamides is 1. The van der Waals surface area contributed by atoms with Crippen molar-refractivity contribution in [2.45, 2.75) is 45.1 Å². The number of halogens is 1. The third-order valence-electron chi connectivity index (χ3n) is 5.06. The van der Waals surface area contributed by atoms with E-state index in [2.05, 4.69) is 18.7 Å². The van der Waals surface area contributed by atoms with Crippen LogP contribution < -0.4 is 0 Å². The van der Waals surface area contributed by atoms with Gasteiger partial charge in [0.15, 0.2) is 0 Å². The Morgan fingerprint density at radius 2 is 1.81 bits per heavy atom. The van der Waals surface area contributed by atoms with Gasteiger partial charge in [0, 0.05) is 45.3 Å². The molecule has 1 heterocycles. The first-order valence-electron chi connectivity index (χ1n) is 9.55. The smallest absolute Gasteiger partial charge is 0.255 e. The van der Waals surface area contributed by atoms with Gasteiger partial charge >= 0.3 is 0 Å². The van der Waals surface area contributed by atoms with Gasteiger partial charge < -0.3 is 4.90 Å². The lowest BCUT2D eigenvalue weighted by Crippen LogP contribution is -2.37. The summed E-state index contributed by atoms with van der Waals surface area (Å²) in [5.41, 5.74) is 0.253. The molecule has 1 aliphatic rings. The van der Waals surface area contributed by atoms with Crippen LogP contribution in [0.2, 0.25) is 5.02 Å². The van der Waals surface area contributed by atoms with Crippen molar-refractivity contribution in [1.29, 1.82) is 0 Å². The molecule has 6 nitrogen and oxygen atoms in total. The molecule has 1 aliphatic heterocycles. The van der Waals surface area contributed by atoms with E-state index < -0.39 is 10.0 Å². The standard InChI is InChI=1S/C19H30ClN3O3S/c1-5-23(6-2)27(25,26)16-8-9-18(20)17(14-16)19(24)22-11-7-10-21(12-13-22)15(3)4/h8-9,14-15H,5-7,10-13H2,1-4H3. The number of amides is 1. The Morgan fingerprint density at radius 3 is 2.41 bits per heavy atom. The highest BCUT2D eigenvalue weighted by molar-refractivity contribution is 7.89. The van der Waals surface area contributed by atoms with Crippen LogP contribution in [0.3, 0.4) is 0 Å². The molecule has 0 atom stereocenters. The minimum absolute atomic E-state index is 0.109. The molecule has 8 heteroatoms. The van der Waals surface area contributed by atoms with E-state index in [0.29, 0.717) is 32.2 Å². The summed E-state index contributed by atoms with van der Waals surface area (Å²) in [6.07, 6.45) is 0.888. The van der Waals surface area contributed by atoms with Crippen LogP contribution in [0.1, 0.15) is 44.5 Å². The Kier molecular flexibility index (Phi) is 7.68. The van der Waals surface area contributed by atoms with Crippen LogP contribution in [-0.2, 0) is 10.0 Å². The summed E-state index contributed by atoms with van der Waals surface area (Å²) >= 11 is 6.26. The molecule has 1 aromatic rings. The van der Waals surface area contributed by atoms with E-state index in [4.69, 9.17) is 11.6 Å². The zero-order valence-corrected chi connectivity index (χ0v) is 18.2. The third kappa shape index (κ3) is 5.02. The number of benzene rings is 1. The maximum Gasteiger partial charge on any atom is 0.255 e. The first kappa shape index (κ1) is 22.1. The molecule has 1 aromatic carbocycles. The number of rotatable bonds is 6. The Morgan fingerprint density at radius 1 is 1.15 bits per heavy atom. The molecule has 0 aromatic heterocycles. The van der Waals surface area contributed by atoms with Crippen LogP contribution >= 0.6 is 11.6 Å². The van der Waals surface area contributed by atoms with Crippen molar-refractivity contribution in [1.82, 2.24) is 14.1 Å². The molecule has 1 saturated heterocycles. The molecule has 0 spiro atoms. The second kappa shape index (κ2) is 9.37. The highest BCUT2D eigenvalue weighted by atomic mass is 35.5. The minimum Gasteiger partial charge on any atom is -0.337 e. The molecule has 0 unspecified atom stereocenters. The van der Waals surface area contributed by atoms with Crippen LogP contribution in [0.5, 0.6) is 0 Å². The van der Waals surface area contributed by atoms with Gasteiger partial charge in [0.05, 0.1) is 15.5 Å². The molecule has 0 saturated carbocycles. The van der Waals surface area contributed by atoms with E-state index >= 15 is 0 Å². The fourth-order valence-corrected chi connectivity index (χ4v) is 5.05. The predicted octanol–water partition coefficient (Wildman–Crippen LogP) is 2.93. The Balaban J connectivity index is 2.29. The molecular formula is C19H30ClN3O3S. The minimum atomic E-state index is -3.64. The first-order chi connectivity index (χ1) is 12.7. The average molecular weight is 416 g/mol. The van der Waals surface area contributed by atoms with Gasteiger partial charge in [-0.25, -0.2) is 8.42 Å². The monoisotopic (exact) mass is 415 g/mol. The lowest BCUT2D eigenvalue weighted by Gasteiger charge is -2.25. The molecule has 152 valence electrons. The van der Waals surface area contributed by atoms with Gasteiger partial charge in [-0.2, -0.15) is 4.31 Å². The highest BCUT2D eigenvalue weighted by Crippen LogP contribution is 2.25. The van der Waals surface area contributed by atoms with Gasteiger partial charge in [-0.3, -0.25) is 9.69 Å². The SMILES string of the molecule is CCN(CC)S(=O)(=O)c1ccc(Cl)c(C(=O)N2CCCN(C(C)C)CC2)c1. The van der Waals surface area contributed by atoms with Crippen LogP contribution in [0.15, 0.2) is 23.1 Å². The third-order valence-corrected chi connectivity index (χ3v) is 7.43. The van der Waals surface area contributed by atoms with Gasteiger partial charge in [0.2, 0.25) is 10.0 Å². The van der Waals surface area contributed by atoms with Crippen molar-refractivity contribution < 1.29 is 13.2 Å². The zero-order chi connectivity index (χ0) is 20.2. The summed E-state index contributed by atoms with van der Waals surface area (Å²) in [5, 5.41) is 0.281. The second-order valence-corrected chi connectivity index (χ2v) is 9.35. The van der Waals surface area contributed by atoms with Crippen molar-refractivity contribution >= 4 is 27.5 Å². The molecular weight excluding hydrogens is 386 g/mol.